The summed E-state index contributed by atoms with van der Waals surface area (Å²) in [4.78, 5) is 0. The molecule has 0 amide bonds. The predicted octanol–water partition coefficient (Wildman–Crippen LogP) is 2.50. The fourth-order valence-corrected chi connectivity index (χ4v) is 2.00. The van der Waals surface area contributed by atoms with Crippen LogP contribution in [0, 0.1) is 0 Å². The Labute approximate surface area is 128 Å². The van der Waals surface area contributed by atoms with Gasteiger partial charge < -0.3 is 0 Å². The van der Waals surface area contributed by atoms with Crippen LogP contribution in [0.5, 0.6) is 0 Å². The largest absolute Gasteiger partial charge is 0.397 e. The van der Waals surface area contributed by atoms with Crippen LogP contribution in [0.1, 0.15) is 52.4 Å². The molecule has 1 aromatic rings. The van der Waals surface area contributed by atoms with Crippen LogP contribution >= 0.6 is 0 Å². The van der Waals surface area contributed by atoms with Crippen LogP contribution in [-0.2, 0) is 28.2 Å². The Kier molecular flexibility index (Phi) is 11.2. The highest BCUT2D eigenvalue weighted by atomic mass is 32.3. The smallest absolute Gasteiger partial charge is 0.264 e. The Bertz CT molecular complexity index is 457. The van der Waals surface area contributed by atoms with Gasteiger partial charge in [0.1, 0.15) is 12.4 Å². The Hall–Kier alpha value is -0.920. The van der Waals surface area contributed by atoms with Crippen molar-refractivity contribution < 1.29 is 21.7 Å². The van der Waals surface area contributed by atoms with E-state index in [-0.39, 0.29) is 6.61 Å². The summed E-state index contributed by atoms with van der Waals surface area (Å²) in [6.07, 6.45) is 12.6. The van der Waals surface area contributed by atoms with Gasteiger partial charge in [-0.15, -0.1) is 0 Å². The van der Waals surface area contributed by atoms with Crippen molar-refractivity contribution in [1.29, 1.82) is 0 Å². The van der Waals surface area contributed by atoms with Gasteiger partial charge in [-0.25, -0.2) is 13.3 Å². The van der Waals surface area contributed by atoms with Crippen molar-refractivity contribution >= 4 is 10.4 Å². The summed E-state index contributed by atoms with van der Waals surface area (Å²) in [5.41, 5.74) is 0. The van der Waals surface area contributed by atoms with Gasteiger partial charge in [0.25, 0.3) is 0 Å². The Balaban J connectivity index is 0.000000382. The van der Waals surface area contributed by atoms with E-state index in [1.54, 1.807) is 0 Å². The molecule has 124 valence electrons. The minimum Gasteiger partial charge on any atom is -0.264 e. The van der Waals surface area contributed by atoms with Crippen LogP contribution in [0.3, 0.4) is 0 Å². The third-order valence-corrected chi connectivity index (χ3v) is 3.29. The normalized spacial score (nSPS) is 11.0. The van der Waals surface area contributed by atoms with Gasteiger partial charge in [0.15, 0.2) is 0 Å². The molecular weight excluding hydrogens is 292 g/mol. The second-order valence-corrected chi connectivity index (χ2v) is 6.07. The molecule has 0 bridgehead atoms. The van der Waals surface area contributed by atoms with Gasteiger partial charge in [-0.1, -0.05) is 39.5 Å². The maximum Gasteiger partial charge on any atom is 0.397 e. The maximum atomic E-state index is 10.00. The van der Waals surface area contributed by atoms with E-state index in [9.17, 15) is 8.42 Å². The zero-order chi connectivity index (χ0) is 16.1. The van der Waals surface area contributed by atoms with E-state index in [2.05, 4.69) is 45.9 Å². The molecule has 0 spiro atoms. The molecular formula is C14H29N2O4S+. The van der Waals surface area contributed by atoms with Gasteiger partial charge in [-0.05, 0) is 12.8 Å². The van der Waals surface area contributed by atoms with Crippen molar-refractivity contribution in [3.05, 3.63) is 18.7 Å². The van der Waals surface area contributed by atoms with Crippen LogP contribution in [0.25, 0.3) is 0 Å². The molecule has 1 heterocycles. The van der Waals surface area contributed by atoms with Gasteiger partial charge in [0.05, 0.1) is 20.2 Å². The van der Waals surface area contributed by atoms with E-state index in [1.165, 1.54) is 12.8 Å². The molecule has 6 nitrogen and oxygen atoms in total. The first-order valence-electron chi connectivity index (χ1n) is 7.52. The highest BCUT2D eigenvalue weighted by Gasteiger charge is 2.02. The van der Waals surface area contributed by atoms with Crippen LogP contribution in [0.2, 0.25) is 0 Å². The molecule has 1 rings (SSSR count). The molecule has 0 fully saturated rings. The third-order valence-electron chi connectivity index (χ3n) is 2.82. The summed E-state index contributed by atoms with van der Waals surface area (Å²) < 4.78 is 36.5. The standard InChI is InChI=1S/C8H15N2.C6H14O4S/c1-3-4-5-10-7-6-9(2)8-10;1-2-3-4-5-6-10-11(7,8)9/h6-8H,3-5H2,1-2H3;2-6H2,1H3,(H,7,8,9)/q+1;. The van der Waals surface area contributed by atoms with Crippen molar-refractivity contribution in [3.63, 3.8) is 0 Å². The second kappa shape index (κ2) is 11.7. The summed E-state index contributed by atoms with van der Waals surface area (Å²) in [7, 11) is -2.17. The Morgan fingerprint density at radius 1 is 1.14 bits per heavy atom. The average molecular weight is 321 g/mol. The average Bonchev–Trinajstić information content (AvgIpc) is 2.81. The highest BCUT2D eigenvalue weighted by molar-refractivity contribution is 7.80. The first kappa shape index (κ1) is 20.1. The molecule has 0 unspecified atom stereocenters. The van der Waals surface area contributed by atoms with Gasteiger partial charge in [-0.2, -0.15) is 8.42 Å². The zero-order valence-electron chi connectivity index (χ0n) is 13.4. The fourth-order valence-electron chi connectivity index (χ4n) is 1.67. The van der Waals surface area contributed by atoms with E-state index in [4.69, 9.17) is 4.55 Å². The third kappa shape index (κ3) is 13.8. The number of hydrogen-bond donors (Lipinski definition) is 1. The molecule has 0 radical (unpaired) electrons. The molecule has 7 heteroatoms. The minimum atomic E-state index is -4.21. The van der Waals surface area contributed by atoms with Gasteiger partial charge in [0.2, 0.25) is 6.33 Å². The maximum absolute atomic E-state index is 10.00. The molecule has 0 aliphatic heterocycles. The second-order valence-electron chi connectivity index (χ2n) is 4.98. The summed E-state index contributed by atoms with van der Waals surface area (Å²) >= 11 is 0. The van der Waals surface area contributed by atoms with Crippen LogP contribution in [0.15, 0.2) is 18.7 Å². The van der Waals surface area contributed by atoms with Gasteiger partial charge in [0, 0.05) is 0 Å². The molecule has 0 saturated heterocycles. The number of aromatic nitrogens is 2. The number of imidazole rings is 1. The molecule has 1 N–H and O–H groups in total. The number of rotatable bonds is 9. The predicted molar refractivity (Wildman–Crippen MR) is 82.2 cm³/mol. The molecule has 21 heavy (non-hydrogen) atoms. The fraction of sp³-hybridized carbons (Fsp3) is 0.786. The van der Waals surface area contributed by atoms with E-state index in [0.29, 0.717) is 6.42 Å². The van der Waals surface area contributed by atoms with E-state index in [0.717, 1.165) is 25.8 Å². The first-order valence-corrected chi connectivity index (χ1v) is 8.88. The Morgan fingerprint density at radius 2 is 1.81 bits per heavy atom. The number of aryl methyl sites for hydroxylation is 2. The lowest BCUT2D eigenvalue weighted by atomic mass is 10.2. The van der Waals surface area contributed by atoms with Gasteiger partial charge in [-0.3, -0.25) is 4.55 Å². The highest BCUT2D eigenvalue weighted by Crippen LogP contribution is 1.99. The monoisotopic (exact) mass is 321 g/mol. The van der Waals surface area contributed by atoms with Crippen molar-refractivity contribution in [3.8, 4) is 0 Å². The SMILES string of the molecule is CCCCCCOS(=O)(=O)O.CCCCn1cc[n+](C)c1. The molecule has 0 aromatic carbocycles. The summed E-state index contributed by atoms with van der Waals surface area (Å²) in [6.45, 7) is 5.50. The molecule has 1 aromatic heterocycles. The van der Waals surface area contributed by atoms with Gasteiger partial charge >= 0.3 is 10.4 Å². The number of hydrogen-bond acceptors (Lipinski definition) is 3. The van der Waals surface area contributed by atoms with E-state index >= 15 is 0 Å². The van der Waals surface area contributed by atoms with Crippen LogP contribution < -0.4 is 4.57 Å². The molecule has 0 saturated carbocycles. The number of unbranched alkanes of at least 4 members (excludes halogenated alkanes) is 4. The van der Waals surface area contributed by atoms with E-state index < -0.39 is 10.4 Å². The summed E-state index contributed by atoms with van der Waals surface area (Å²) in [5, 5.41) is 0. The quantitative estimate of drug-likeness (QED) is 0.431. The zero-order valence-corrected chi connectivity index (χ0v) is 14.2. The summed E-state index contributed by atoms with van der Waals surface area (Å²) in [6, 6.07) is 0. The number of nitrogens with zero attached hydrogens (tertiary/aromatic N) is 2. The molecule has 0 aliphatic rings. The van der Waals surface area contributed by atoms with Crippen molar-refractivity contribution in [2.45, 2.75) is 58.9 Å². The van der Waals surface area contributed by atoms with Crippen molar-refractivity contribution in [2.24, 2.45) is 7.05 Å². The molecule has 0 atom stereocenters. The first-order chi connectivity index (χ1) is 9.89. The Morgan fingerprint density at radius 3 is 2.29 bits per heavy atom. The van der Waals surface area contributed by atoms with E-state index in [1.807, 2.05) is 7.05 Å². The topological polar surface area (TPSA) is 72.4 Å². The lowest BCUT2D eigenvalue weighted by Gasteiger charge is -1.98. The molecule has 0 aliphatic carbocycles. The lowest BCUT2D eigenvalue weighted by molar-refractivity contribution is -0.671. The van der Waals surface area contributed by atoms with Crippen molar-refractivity contribution in [1.82, 2.24) is 4.57 Å². The summed E-state index contributed by atoms with van der Waals surface area (Å²) in [5.74, 6) is 0. The lowest BCUT2D eigenvalue weighted by Crippen LogP contribution is -2.23. The minimum absolute atomic E-state index is 0.0822. The van der Waals surface area contributed by atoms with Crippen LogP contribution in [-0.4, -0.2) is 24.1 Å². The van der Waals surface area contributed by atoms with Crippen LogP contribution in [0.4, 0.5) is 0 Å². The van der Waals surface area contributed by atoms with Crippen molar-refractivity contribution in [2.75, 3.05) is 6.61 Å².